The molecule has 1 aromatic carbocycles. The van der Waals surface area contributed by atoms with Crippen LogP contribution in [0.4, 0.5) is 11.5 Å². The molecule has 0 aliphatic heterocycles. The van der Waals surface area contributed by atoms with E-state index < -0.39 is 0 Å². The lowest BCUT2D eigenvalue weighted by Crippen LogP contribution is -2.18. The van der Waals surface area contributed by atoms with Gasteiger partial charge in [0.15, 0.2) is 0 Å². The Labute approximate surface area is 164 Å². The number of carbonyl (C=O) groups excluding carboxylic acids is 1. The van der Waals surface area contributed by atoms with Crippen molar-refractivity contribution < 1.29 is 4.79 Å². The Kier molecular flexibility index (Phi) is 3.86. The molecule has 4 atom stereocenters. The van der Waals surface area contributed by atoms with E-state index in [1.165, 1.54) is 12.8 Å². The summed E-state index contributed by atoms with van der Waals surface area (Å²) < 4.78 is 0. The van der Waals surface area contributed by atoms with Crippen molar-refractivity contribution in [2.24, 2.45) is 23.7 Å². The fraction of sp³-hybridized carbons (Fsp3) is 0.348. The zero-order chi connectivity index (χ0) is 19.4. The minimum atomic E-state index is 0.112. The van der Waals surface area contributed by atoms with Crippen LogP contribution in [-0.2, 0) is 4.79 Å². The number of rotatable bonds is 3. The number of nitrogen functional groups attached to an aromatic ring is 1. The molecule has 3 aromatic rings. The van der Waals surface area contributed by atoms with Gasteiger partial charge in [0.2, 0.25) is 5.91 Å². The Morgan fingerprint density at radius 2 is 1.96 bits per heavy atom. The second-order valence-electron chi connectivity index (χ2n) is 8.47. The molecule has 0 bridgehead atoms. The number of nitrogens with one attached hydrogen (secondary N) is 1. The van der Waals surface area contributed by atoms with Crippen LogP contribution in [-0.4, -0.2) is 15.9 Å². The largest absolute Gasteiger partial charge is 0.398 e. The third kappa shape index (κ3) is 2.82. The Morgan fingerprint density at radius 3 is 2.71 bits per heavy atom. The summed E-state index contributed by atoms with van der Waals surface area (Å²) in [7, 11) is 0. The molecular formula is C23H24N4O. The number of pyridine rings is 2. The molecule has 2 heterocycles. The molecule has 5 nitrogen and oxygen atoms in total. The predicted molar refractivity (Wildman–Crippen MR) is 112 cm³/mol. The Morgan fingerprint density at radius 1 is 1.18 bits per heavy atom. The zero-order valence-corrected chi connectivity index (χ0v) is 16.1. The highest BCUT2D eigenvalue weighted by molar-refractivity contribution is 6.00. The van der Waals surface area contributed by atoms with Crippen LogP contribution in [0.3, 0.4) is 0 Å². The topological polar surface area (TPSA) is 80.9 Å². The van der Waals surface area contributed by atoms with Crippen molar-refractivity contribution in [1.29, 1.82) is 0 Å². The van der Waals surface area contributed by atoms with E-state index in [1.807, 2.05) is 24.4 Å². The number of anilines is 2. The van der Waals surface area contributed by atoms with Crippen LogP contribution < -0.4 is 11.1 Å². The number of hydrogen-bond acceptors (Lipinski definition) is 4. The van der Waals surface area contributed by atoms with Crippen LogP contribution >= 0.6 is 0 Å². The van der Waals surface area contributed by atoms with Crippen molar-refractivity contribution in [2.45, 2.75) is 26.7 Å². The van der Waals surface area contributed by atoms with E-state index in [9.17, 15) is 4.79 Å². The van der Waals surface area contributed by atoms with Crippen LogP contribution in [0, 0.1) is 30.6 Å². The number of amides is 1. The van der Waals surface area contributed by atoms with Gasteiger partial charge in [0, 0.05) is 41.1 Å². The number of nitrogens with zero attached hydrogens (tertiary/aromatic N) is 2. The molecule has 142 valence electrons. The molecule has 28 heavy (non-hydrogen) atoms. The summed E-state index contributed by atoms with van der Waals surface area (Å²) in [6.45, 7) is 4.33. The van der Waals surface area contributed by atoms with Crippen molar-refractivity contribution in [1.82, 2.24) is 9.97 Å². The lowest BCUT2D eigenvalue weighted by molar-refractivity contribution is -0.118. The van der Waals surface area contributed by atoms with Crippen molar-refractivity contribution in [3.8, 4) is 11.1 Å². The van der Waals surface area contributed by atoms with E-state index in [2.05, 4.69) is 35.2 Å². The molecule has 3 N–H and O–H groups in total. The SMILES string of the molecule is Cc1ccncc1-c1cc(N)c2cnc(NC(=O)C3[C@H]4CC(C)C[C@@H]34)cc2c1. The number of aryl methyl sites for hydroxylation is 1. The van der Waals surface area contributed by atoms with Crippen molar-refractivity contribution in [3.63, 3.8) is 0 Å². The molecule has 2 saturated carbocycles. The fourth-order valence-corrected chi connectivity index (χ4v) is 4.99. The van der Waals surface area contributed by atoms with E-state index in [0.717, 1.165) is 33.4 Å². The maximum atomic E-state index is 12.6. The summed E-state index contributed by atoms with van der Waals surface area (Å²) in [5.41, 5.74) is 10.2. The Bertz CT molecular complexity index is 1080. The highest BCUT2D eigenvalue weighted by Gasteiger charge is 2.58. The average molecular weight is 372 g/mol. The normalized spacial score (nSPS) is 25.5. The number of benzene rings is 1. The summed E-state index contributed by atoms with van der Waals surface area (Å²) in [6.07, 6.45) is 7.74. The van der Waals surface area contributed by atoms with Gasteiger partial charge in [-0.15, -0.1) is 0 Å². The highest BCUT2D eigenvalue weighted by Crippen LogP contribution is 2.59. The quantitative estimate of drug-likeness (QED) is 0.667. The first-order valence-corrected chi connectivity index (χ1v) is 9.92. The first-order valence-electron chi connectivity index (χ1n) is 9.92. The molecule has 2 aromatic heterocycles. The maximum absolute atomic E-state index is 12.6. The third-order valence-corrected chi connectivity index (χ3v) is 6.45. The van der Waals surface area contributed by atoms with Crippen LogP contribution in [0.2, 0.25) is 0 Å². The monoisotopic (exact) mass is 372 g/mol. The minimum absolute atomic E-state index is 0.112. The Balaban J connectivity index is 1.44. The van der Waals surface area contributed by atoms with Gasteiger partial charge in [0.05, 0.1) is 0 Å². The summed E-state index contributed by atoms with van der Waals surface area (Å²) in [5, 5.41) is 4.88. The molecule has 2 fully saturated rings. The molecule has 2 aliphatic carbocycles. The number of aromatic nitrogens is 2. The summed E-state index contributed by atoms with van der Waals surface area (Å²) in [5.74, 6) is 2.78. The standard InChI is InChI=1S/C23H24N4O/c1-12-5-16-17(6-12)22(16)23(28)27-21-9-15-7-14(8-20(24)19(15)11-26-21)18-10-25-4-3-13(18)2/h3-4,7-12,16-17,22H,5-6,24H2,1-2H3,(H,26,27,28)/t12?,16-,17+,22?. The molecule has 2 unspecified atom stereocenters. The number of carbonyl (C=O) groups is 1. The molecule has 2 aliphatic rings. The van der Waals surface area contributed by atoms with Gasteiger partial charge in [-0.3, -0.25) is 9.78 Å². The van der Waals surface area contributed by atoms with Crippen molar-refractivity contribution in [3.05, 3.63) is 48.4 Å². The molecule has 1 amide bonds. The van der Waals surface area contributed by atoms with Crippen LogP contribution in [0.5, 0.6) is 0 Å². The maximum Gasteiger partial charge on any atom is 0.229 e. The van der Waals surface area contributed by atoms with Crippen LogP contribution in [0.25, 0.3) is 21.9 Å². The molecule has 5 heteroatoms. The van der Waals surface area contributed by atoms with Crippen LogP contribution in [0.1, 0.15) is 25.3 Å². The molecular weight excluding hydrogens is 348 g/mol. The van der Waals surface area contributed by atoms with Gasteiger partial charge in [-0.05, 0) is 78.3 Å². The van der Waals surface area contributed by atoms with Gasteiger partial charge >= 0.3 is 0 Å². The molecule has 5 rings (SSSR count). The smallest absolute Gasteiger partial charge is 0.229 e. The lowest BCUT2D eigenvalue weighted by Gasteiger charge is -2.12. The van der Waals surface area contributed by atoms with E-state index in [-0.39, 0.29) is 11.8 Å². The number of nitrogens with two attached hydrogens (primary N) is 1. The zero-order valence-electron chi connectivity index (χ0n) is 16.1. The number of fused-ring (bicyclic) bond motifs is 2. The van der Waals surface area contributed by atoms with Gasteiger partial charge in [0.1, 0.15) is 5.82 Å². The Hall–Kier alpha value is -2.95. The van der Waals surface area contributed by atoms with Gasteiger partial charge in [-0.1, -0.05) is 6.92 Å². The minimum Gasteiger partial charge on any atom is -0.398 e. The van der Waals surface area contributed by atoms with E-state index in [0.29, 0.717) is 23.3 Å². The first kappa shape index (κ1) is 17.2. The average Bonchev–Trinajstić information content (AvgIpc) is 3.18. The van der Waals surface area contributed by atoms with Crippen molar-refractivity contribution in [2.75, 3.05) is 11.1 Å². The predicted octanol–water partition coefficient (Wildman–Crippen LogP) is 4.42. The fourth-order valence-electron chi connectivity index (χ4n) is 4.99. The first-order chi connectivity index (χ1) is 13.5. The van der Waals surface area contributed by atoms with Crippen LogP contribution in [0.15, 0.2) is 42.9 Å². The summed E-state index contributed by atoms with van der Waals surface area (Å²) in [4.78, 5) is 21.3. The third-order valence-electron chi connectivity index (χ3n) is 6.45. The number of hydrogen-bond donors (Lipinski definition) is 2. The molecule has 0 radical (unpaired) electrons. The van der Waals surface area contributed by atoms with Gasteiger partial charge in [-0.2, -0.15) is 0 Å². The van der Waals surface area contributed by atoms with E-state index in [1.54, 1.807) is 12.4 Å². The van der Waals surface area contributed by atoms with E-state index in [4.69, 9.17) is 5.73 Å². The molecule has 0 saturated heterocycles. The second-order valence-corrected chi connectivity index (χ2v) is 8.47. The molecule has 0 spiro atoms. The highest BCUT2D eigenvalue weighted by atomic mass is 16.2. The summed E-state index contributed by atoms with van der Waals surface area (Å²) in [6, 6.07) is 7.94. The van der Waals surface area contributed by atoms with Gasteiger partial charge < -0.3 is 11.1 Å². The van der Waals surface area contributed by atoms with Crippen molar-refractivity contribution >= 4 is 28.2 Å². The summed E-state index contributed by atoms with van der Waals surface area (Å²) >= 11 is 0. The van der Waals surface area contributed by atoms with Gasteiger partial charge in [-0.25, -0.2) is 4.98 Å². The second kappa shape index (κ2) is 6.30. The van der Waals surface area contributed by atoms with E-state index >= 15 is 0 Å². The van der Waals surface area contributed by atoms with Gasteiger partial charge in [0.25, 0.3) is 0 Å². The lowest BCUT2D eigenvalue weighted by atomic mass is 9.99.